The molecule has 0 aliphatic carbocycles. The molecule has 0 saturated carbocycles. The zero-order valence-electron chi connectivity index (χ0n) is 23.3. The van der Waals surface area contributed by atoms with Crippen molar-refractivity contribution in [2.75, 3.05) is 46.4 Å². The fourth-order valence-corrected chi connectivity index (χ4v) is 5.63. The number of morpholine rings is 1. The summed E-state index contributed by atoms with van der Waals surface area (Å²) in [5.74, 6) is -0.979. The first-order chi connectivity index (χ1) is 19.0. The molecule has 2 aliphatic rings. The number of rotatable bonds is 4. The van der Waals surface area contributed by atoms with Crippen molar-refractivity contribution in [2.24, 2.45) is 0 Å². The van der Waals surface area contributed by atoms with Gasteiger partial charge in [0.2, 0.25) is 5.91 Å². The van der Waals surface area contributed by atoms with E-state index in [4.69, 9.17) is 4.74 Å². The van der Waals surface area contributed by atoms with Gasteiger partial charge in [-0.15, -0.1) is 0 Å². The predicted octanol–water partition coefficient (Wildman–Crippen LogP) is 5.69. The molecule has 2 aromatic carbocycles. The number of benzene rings is 2. The van der Waals surface area contributed by atoms with Crippen molar-refractivity contribution < 1.29 is 40.7 Å². The van der Waals surface area contributed by atoms with Crippen LogP contribution in [0.3, 0.4) is 0 Å². The number of halogens is 6. The summed E-state index contributed by atoms with van der Waals surface area (Å²) < 4.78 is 86.7. The Morgan fingerprint density at radius 3 is 1.93 bits per heavy atom. The Kier molecular flexibility index (Phi) is 8.37. The lowest BCUT2D eigenvalue weighted by Gasteiger charge is -2.36. The number of likely N-dealkylation sites (tertiary alicyclic amines) is 1. The highest BCUT2D eigenvalue weighted by molar-refractivity contribution is 5.88. The topological polar surface area (TPSA) is 53.1 Å². The number of carbonyl (C=O) groups is 2. The van der Waals surface area contributed by atoms with Crippen molar-refractivity contribution in [1.82, 2.24) is 14.7 Å². The van der Waals surface area contributed by atoms with Gasteiger partial charge in [-0.05, 0) is 55.7 Å². The molecule has 0 radical (unpaired) electrons. The lowest BCUT2D eigenvalue weighted by Crippen LogP contribution is -2.50. The van der Waals surface area contributed by atoms with E-state index in [1.807, 2.05) is 31.2 Å². The Morgan fingerprint density at radius 2 is 1.39 bits per heavy atom. The minimum absolute atomic E-state index is 0.0497. The fourth-order valence-electron chi connectivity index (χ4n) is 5.63. The van der Waals surface area contributed by atoms with E-state index >= 15 is 0 Å². The van der Waals surface area contributed by atoms with Crippen LogP contribution in [0.1, 0.15) is 47.6 Å². The van der Waals surface area contributed by atoms with Crippen LogP contribution in [0, 0.1) is 6.92 Å². The number of urea groups is 1. The zero-order chi connectivity index (χ0) is 30.3. The first-order valence-electron chi connectivity index (χ1n) is 13.3. The number of likely N-dealkylation sites (N-methyl/N-ethyl adjacent to an activating group) is 1. The van der Waals surface area contributed by atoms with Gasteiger partial charge in [-0.2, -0.15) is 26.3 Å². The molecule has 0 unspecified atom stereocenters. The molecular weight excluding hydrogens is 552 g/mol. The molecule has 2 aromatic rings. The lowest BCUT2D eigenvalue weighted by molar-refractivity contribution is -0.144. The summed E-state index contributed by atoms with van der Waals surface area (Å²) in [5, 5.41) is 0. The van der Waals surface area contributed by atoms with Crippen LogP contribution in [-0.4, -0.2) is 79.1 Å². The van der Waals surface area contributed by atoms with Crippen molar-refractivity contribution in [3.8, 4) is 0 Å². The first kappa shape index (κ1) is 30.7. The van der Waals surface area contributed by atoms with Gasteiger partial charge < -0.3 is 19.4 Å². The van der Waals surface area contributed by atoms with E-state index in [1.165, 1.54) is 25.8 Å². The Balaban J connectivity index is 1.69. The van der Waals surface area contributed by atoms with Crippen LogP contribution in [0.25, 0.3) is 0 Å². The van der Waals surface area contributed by atoms with Crippen molar-refractivity contribution in [1.29, 1.82) is 0 Å². The third kappa shape index (κ3) is 6.32. The first-order valence-corrected chi connectivity index (χ1v) is 13.3. The maximum Gasteiger partial charge on any atom is 0.416 e. The summed E-state index contributed by atoms with van der Waals surface area (Å²) in [5.41, 5.74) is -3.25. The second kappa shape index (κ2) is 11.2. The van der Waals surface area contributed by atoms with Crippen LogP contribution in [0.4, 0.5) is 31.1 Å². The average molecular weight is 586 g/mol. The van der Waals surface area contributed by atoms with E-state index in [2.05, 4.69) is 0 Å². The Bertz CT molecular complexity index is 1260. The highest BCUT2D eigenvalue weighted by Crippen LogP contribution is 2.41. The van der Waals surface area contributed by atoms with E-state index in [0.29, 0.717) is 45.0 Å². The van der Waals surface area contributed by atoms with Gasteiger partial charge in [-0.25, -0.2) is 4.79 Å². The van der Waals surface area contributed by atoms with E-state index < -0.39 is 46.4 Å². The Morgan fingerprint density at radius 1 is 0.854 bits per heavy atom. The van der Waals surface area contributed by atoms with Crippen LogP contribution in [-0.2, 0) is 27.3 Å². The molecule has 3 amide bonds. The quantitative estimate of drug-likeness (QED) is 0.434. The number of aryl methyl sites for hydroxylation is 1. The second-order valence-electron chi connectivity index (χ2n) is 11.2. The molecule has 0 spiro atoms. The molecular formula is C29H33F6N3O3. The molecule has 0 N–H and O–H groups in total. The summed E-state index contributed by atoms with van der Waals surface area (Å²) in [7, 11) is 1.49. The average Bonchev–Trinajstić information content (AvgIpc) is 3.36. The van der Waals surface area contributed by atoms with Gasteiger partial charge in [0.25, 0.3) is 0 Å². The third-order valence-electron chi connectivity index (χ3n) is 8.09. The van der Waals surface area contributed by atoms with Gasteiger partial charge in [0.1, 0.15) is 0 Å². The molecule has 2 saturated heterocycles. The van der Waals surface area contributed by atoms with E-state index in [9.17, 15) is 35.9 Å². The summed E-state index contributed by atoms with van der Waals surface area (Å²) in [4.78, 5) is 32.0. The summed E-state index contributed by atoms with van der Waals surface area (Å²) in [6.07, 6.45) is -10.1. The maximum absolute atomic E-state index is 13.9. The standard InChI is InChI=1S/C29H33F6N3O3/c1-18-7-5-6-8-22(18)23-16-38(26(40)37-9-11-41-12-10-37)17-24(23)36(4)25(39)27(2,3)19-13-20(28(30,31)32)15-21(14-19)29(33,34)35/h5-8,13-15,23-24H,9-12,16-17H2,1-4H3/t23-,24+/m0/s1. The van der Waals surface area contributed by atoms with E-state index in [0.717, 1.165) is 11.1 Å². The van der Waals surface area contributed by atoms with Crippen molar-refractivity contribution in [3.05, 3.63) is 70.3 Å². The number of carbonyl (C=O) groups excluding carboxylic acids is 2. The molecule has 41 heavy (non-hydrogen) atoms. The van der Waals surface area contributed by atoms with Crippen LogP contribution in [0.15, 0.2) is 42.5 Å². The monoisotopic (exact) mass is 585 g/mol. The molecule has 2 fully saturated rings. The normalized spacial score (nSPS) is 20.3. The van der Waals surface area contributed by atoms with Crippen LogP contribution in [0.5, 0.6) is 0 Å². The van der Waals surface area contributed by atoms with Crippen LogP contribution < -0.4 is 0 Å². The van der Waals surface area contributed by atoms with Crippen LogP contribution in [0.2, 0.25) is 0 Å². The number of nitrogens with zero attached hydrogens (tertiary/aromatic N) is 3. The summed E-state index contributed by atoms with van der Waals surface area (Å²) in [6.45, 7) is 6.66. The van der Waals surface area contributed by atoms with Crippen LogP contribution >= 0.6 is 0 Å². The van der Waals surface area contributed by atoms with Gasteiger partial charge in [-0.1, -0.05) is 24.3 Å². The smallest absolute Gasteiger partial charge is 0.378 e. The van der Waals surface area contributed by atoms with E-state index in [-0.39, 0.29) is 24.6 Å². The highest BCUT2D eigenvalue weighted by Gasteiger charge is 2.46. The van der Waals surface area contributed by atoms with Crippen molar-refractivity contribution in [2.45, 2.75) is 50.5 Å². The van der Waals surface area contributed by atoms with Gasteiger partial charge in [0.15, 0.2) is 0 Å². The van der Waals surface area contributed by atoms with E-state index in [1.54, 1.807) is 9.80 Å². The van der Waals surface area contributed by atoms with Gasteiger partial charge in [0, 0.05) is 39.1 Å². The van der Waals surface area contributed by atoms with Gasteiger partial charge in [0.05, 0.1) is 35.8 Å². The molecule has 6 nitrogen and oxygen atoms in total. The number of hydrogen-bond donors (Lipinski definition) is 0. The Hall–Kier alpha value is -3.28. The number of amides is 3. The number of alkyl halides is 6. The summed E-state index contributed by atoms with van der Waals surface area (Å²) >= 11 is 0. The molecule has 224 valence electrons. The molecule has 2 aliphatic heterocycles. The molecule has 12 heteroatoms. The zero-order valence-corrected chi connectivity index (χ0v) is 23.3. The molecule has 0 aromatic heterocycles. The largest absolute Gasteiger partial charge is 0.416 e. The second-order valence-corrected chi connectivity index (χ2v) is 11.2. The number of ether oxygens (including phenoxy) is 1. The molecule has 2 heterocycles. The minimum Gasteiger partial charge on any atom is -0.378 e. The third-order valence-corrected chi connectivity index (χ3v) is 8.09. The van der Waals surface area contributed by atoms with Crippen molar-refractivity contribution in [3.63, 3.8) is 0 Å². The lowest BCUT2D eigenvalue weighted by atomic mass is 9.80. The highest BCUT2D eigenvalue weighted by atomic mass is 19.4. The SMILES string of the molecule is Cc1ccccc1[C@@H]1CN(C(=O)N2CCOCC2)C[C@H]1N(C)C(=O)C(C)(C)c1cc(C(F)(F)F)cc(C(F)(F)F)c1. The fraction of sp³-hybridized carbons (Fsp3) is 0.517. The predicted molar refractivity (Wildman–Crippen MR) is 139 cm³/mol. The van der Waals surface area contributed by atoms with Gasteiger partial charge >= 0.3 is 18.4 Å². The van der Waals surface area contributed by atoms with Gasteiger partial charge in [-0.3, -0.25) is 4.79 Å². The molecule has 0 bridgehead atoms. The van der Waals surface area contributed by atoms with Crippen molar-refractivity contribution >= 4 is 11.9 Å². The molecule has 4 rings (SSSR count). The maximum atomic E-state index is 13.9. The minimum atomic E-state index is -5.04. The Labute approximate surface area is 234 Å². The number of hydrogen-bond acceptors (Lipinski definition) is 3. The molecule has 2 atom stereocenters. The summed E-state index contributed by atoms with van der Waals surface area (Å²) in [6, 6.07) is 8.00.